The third kappa shape index (κ3) is 2.66. The summed E-state index contributed by atoms with van der Waals surface area (Å²) in [6.45, 7) is 1.58. The molecule has 26 heavy (non-hydrogen) atoms. The summed E-state index contributed by atoms with van der Waals surface area (Å²) < 4.78 is 2.68. The molecule has 1 amide bonds. The minimum atomic E-state index is -0.0469. The average Bonchev–Trinajstić information content (AvgIpc) is 3.40. The standard InChI is InChI=1S/C17H15N7OS/c25-17(11-1-2-13-14(7-11)26-10-18-13)20-12-5-6-23(8-12)16-4-3-15-21-19-9-24(15)22-16/h1-4,7,9-10,12H,5-6,8H2,(H,20,25)/t12-/m1/s1. The monoisotopic (exact) mass is 365 g/mol. The first-order chi connectivity index (χ1) is 12.8. The van der Waals surface area contributed by atoms with Gasteiger partial charge in [-0.3, -0.25) is 4.79 Å². The smallest absolute Gasteiger partial charge is 0.251 e. The number of amides is 1. The van der Waals surface area contributed by atoms with Gasteiger partial charge in [0.1, 0.15) is 12.1 Å². The fourth-order valence-corrected chi connectivity index (χ4v) is 3.95. The molecule has 1 saturated heterocycles. The summed E-state index contributed by atoms with van der Waals surface area (Å²) >= 11 is 1.54. The van der Waals surface area contributed by atoms with Gasteiger partial charge in [0.25, 0.3) is 5.91 Å². The zero-order chi connectivity index (χ0) is 17.5. The van der Waals surface area contributed by atoms with Gasteiger partial charge in [0.15, 0.2) is 5.65 Å². The summed E-state index contributed by atoms with van der Waals surface area (Å²) in [5.74, 6) is 0.814. The van der Waals surface area contributed by atoms with E-state index in [4.69, 9.17) is 0 Å². The van der Waals surface area contributed by atoms with E-state index in [9.17, 15) is 4.79 Å². The summed E-state index contributed by atoms with van der Waals surface area (Å²) in [4.78, 5) is 19.0. The van der Waals surface area contributed by atoms with Crippen molar-refractivity contribution in [2.24, 2.45) is 0 Å². The molecule has 1 aliphatic heterocycles. The number of benzene rings is 1. The lowest BCUT2D eigenvalue weighted by Crippen LogP contribution is -2.37. The predicted octanol–water partition coefficient (Wildman–Crippen LogP) is 1.74. The highest BCUT2D eigenvalue weighted by Gasteiger charge is 2.25. The molecular formula is C17H15N7OS. The number of hydrogen-bond donors (Lipinski definition) is 1. The molecule has 4 heterocycles. The highest BCUT2D eigenvalue weighted by atomic mass is 32.1. The number of rotatable bonds is 3. The van der Waals surface area contributed by atoms with Gasteiger partial charge in [0.2, 0.25) is 0 Å². The molecule has 3 aromatic heterocycles. The Morgan fingerprint density at radius 2 is 2.23 bits per heavy atom. The molecule has 130 valence electrons. The van der Waals surface area contributed by atoms with Crippen molar-refractivity contribution in [2.45, 2.75) is 12.5 Å². The largest absolute Gasteiger partial charge is 0.353 e. The van der Waals surface area contributed by atoms with Crippen LogP contribution in [0.25, 0.3) is 15.9 Å². The number of hydrogen-bond acceptors (Lipinski definition) is 7. The number of nitrogens with one attached hydrogen (secondary N) is 1. The Hall–Kier alpha value is -3.07. The molecule has 1 atom stereocenters. The molecule has 9 heteroatoms. The fourth-order valence-electron chi connectivity index (χ4n) is 3.24. The SMILES string of the molecule is O=C(N[C@@H]1CCN(c2ccc3nncn3n2)C1)c1ccc2ncsc2c1. The minimum Gasteiger partial charge on any atom is -0.353 e. The Morgan fingerprint density at radius 1 is 1.27 bits per heavy atom. The van der Waals surface area contributed by atoms with Crippen LogP contribution in [0.4, 0.5) is 5.82 Å². The van der Waals surface area contributed by atoms with Gasteiger partial charge in [-0.1, -0.05) is 0 Å². The first-order valence-corrected chi connectivity index (χ1v) is 9.20. The summed E-state index contributed by atoms with van der Waals surface area (Å²) in [5, 5.41) is 15.5. The normalized spacial score (nSPS) is 17.2. The molecule has 0 unspecified atom stereocenters. The van der Waals surface area contributed by atoms with Crippen LogP contribution >= 0.6 is 11.3 Å². The molecule has 1 N–H and O–H groups in total. The molecule has 1 fully saturated rings. The van der Waals surface area contributed by atoms with Crippen LogP contribution in [0, 0.1) is 0 Å². The summed E-state index contributed by atoms with van der Waals surface area (Å²) in [7, 11) is 0. The van der Waals surface area contributed by atoms with Crippen LogP contribution in [-0.2, 0) is 0 Å². The first kappa shape index (κ1) is 15.2. The second-order valence-electron chi connectivity index (χ2n) is 6.27. The Bertz CT molecular complexity index is 1100. The zero-order valence-electron chi connectivity index (χ0n) is 13.7. The fraction of sp³-hybridized carbons (Fsp3) is 0.235. The van der Waals surface area contributed by atoms with E-state index in [1.165, 1.54) is 0 Å². The lowest BCUT2D eigenvalue weighted by Gasteiger charge is -2.17. The van der Waals surface area contributed by atoms with Crippen LogP contribution in [0.15, 0.2) is 42.2 Å². The van der Waals surface area contributed by atoms with Gasteiger partial charge in [-0.15, -0.1) is 26.6 Å². The number of fused-ring (bicyclic) bond motifs is 2. The van der Waals surface area contributed by atoms with Crippen LogP contribution < -0.4 is 10.2 Å². The minimum absolute atomic E-state index is 0.0469. The van der Waals surface area contributed by atoms with Gasteiger partial charge < -0.3 is 10.2 Å². The van der Waals surface area contributed by atoms with Crippen molar-refractivity contribution in [3.8, 4) is 0 Å². The van der Waals surface area contributed by atoms with Crippen LogP contribution in [0.1, 0.15) is 16.8 Å². The number of aromatic nitrogens is 5. The van der Waals surface area contributed by atoms with Crippen molar-refractivity contribution in [3.63, 3.8) is 0 Å². The lowest BCUT2D eigenvalue weighted by molar-refractivity contribution is 0.0940. The molecule has 5 rings (SSSR count). The maximum Gasteiger partial charge on any atom is 0.251 e. The van der Waals surface area contributed by atoms with E-state index < -0.39 is 0 Å². The van der Waals surface area contributed by atoms with Crippen molar-refractivity contribution in [2.75, 3.05) is 18.0 Å². The second kappa shape index (κ2) is 6.03. The van der Waals surface area contributed by atoms with E-state index in [0.29, 0.717) is 5.56 Å². The van der Waals surface area contributed by atoms with Crippen molar-refractivity contribution in [1.82, 2.24) is 30.1 Å². The quantitative estimate of drug-likeness (QED) is 0.595. The predicted molar refractivity (Wildman–Crippen MR) is 98.5 cm³/mol. The van der Waals surface area contributed by atoms with E-state index in [0.717, 1.165) is 41.2 Å². The summed E-state index contributed by atoms with van der Waals surface area (Å²) in [5.41, 5.74) is 4.11. The van der Waals surface area contributed by atoms with Crippen LogP contribution in [0.2, 0.25) is 0 Å². The molecule has 8 nitrogen and oxygen atoms in total. The second-order valence-corrected chi connectivity index (χ2v) is 7.15. The van der Waals surface area contributed by atoms with Crippen LogP contribution in [0.5, 0.6) is 0 Å². The van der Waals surface area contributed by atoms with Gasteiger partial charge in [0.05, 0.1) is 15.7 Å². The maximum atomic E-state index is 12.6. The summed E-state index contributed by atoms with van der Waals surface area (Å²) in [6.07, 6.45) is 2.47. The molecule has 0 bridgehead atoms. The average molecular weight is 365 g/mol. The summed E-state index contributed by atoms with van der Waals surface area (Å²) in [6, 6.07) is 9.54. The van der Waals surface area contributed by atoms with Gasteiger partial charge in [-0.05, 0) is 36.8 Å². The van der Waals surface area contributed by atoms with Gasteiger partial charge in [-0.25, -0.2) is 4.98 Å². The maximum absolute atomic E-state index is 12.6. The molecule has 0 saturated carbocycles. The van der Waals surface area contributed by atoms with Crippen LogP contribution in [-0.4, -0.2) is 49.8 Å². The highest BCUT2D eigenvalue weighted by molar-refractivity contribution is 7.16. The Balaban J connectivity index is 1.28. The topological polar surface area (TPSA) is 88.3 Å². The number of carbonyl (C=O) groups is 1. The van der Waals surface area contributed by atoms with Crippen LogP contribution in [0.3, 0.4) is 0 Å². The third-order valence-electron chi connectivity index (χ3n) is 4.59. The molecule has 1 aliphatic rings. The third-order valence-corrected chi connectivity index (χ3v) is 5.38. The van der Waals surface area contributed by atoms with Crippen molar-refractivity contribution >= 4 is 38.9 Å². The van der Waals surface area contributed by atoms with Crippen molar-refractivity contribution in [1.29, 1.82) is 0 Å². The van der Waals surface area contributed by atoms with E-state index in [-0.39, 0.29) is 11.9 Å². The molecule has 1 aromatic carbocycles. The van der Waals surface area contributed by atoms with E-state index in [2.05, 4.69) is 30.5 Å². The van der Waals surface area contributed by atoms with E-state index >= 15 is 0 Å². The molecule has 0 aliphatic carbocycles. The molecular weight excluding hydrogens is 350 g/mol. The Morgan fingerprint density at radius 3 is 3.19 bits per heavy atom. The number of nitrogens with zero attached hydrogens (tertiary/aromatic N) is 6. The highest BCUT2D eigenvalue weighted by Crippen LogP contribution is 2.21. The van der Waals surface area contributed by atoms with Gasteiger partial charge in [0, 0.05) is 24.7 Å². The lowest BCUT2D eigenvalue weighted by atomic mass is 10.2. The van der Waals surface area contributed by atoms with Gasteiger partial charge >= 0.3 is 0 Å². The van der Waals surface area contributed by atoms with E-state index in [1.54, 1.807) is 27.7 Å². The molecule has 4 aromatic rings. The number of thiazole rings is 1. The first-order valence-electron chi connectivity index (χ1n) is 8.32. The van der Waals surface area contributed by atoms with Gasteiger partial charge in [-0.2, -0.15) is 4.52 Å². The zero-order valence-corrected chi connectivity index (χ0v) is 14.6. The molecule has 0 radical (unpaired) electrons. The van der Waals surface area contributed by atoms with Crippen molar-refractivity contribution in [3.05, 3.63) is 47.7 Å². The number of carbonyl (C=O) groups excluding carboxylic acids is 1. The Labute approximate surface area is 152 Å². The Kier molecular flexibility index (Phi) is 3.52. The van der Waals surface area contributed by atoms with E-state index in [1.807, 2.05) is 30.3 Å². The molecule has 0 spiro atoms. The number of anilines is 1. The van der Waals surface area contributed by atoms with Crippen molar-refractivity contribution < 1.29 is 4.79 Å².